The minimum Gasteiger partial charge on any atom is -0.303 e. The largest absolute Gasteiger partial charge is 0.303 e. The fraction of sp³-hybridized carbons (Fsp3) is 0.571. The molecular formula is C14H22N2O2S. The van der Waals surface area contributed by atoms with E-state index in [1.807, 2.05) is 30.3 Å². The van der Waals surface area contributed by atoms with Gasteiger partial charge in [0.2, 0.25) is 10.0 Å². The molecule has 0 spiro atoms. The van der Waals surface area contributed by atoms with Crippen LogP contribution in [0.25, 0.3) is 0 Å². The number of benzene rings is 1. The molecule has 106 valence electrons. The summed E-state index contributed by atoms with van der Waals surface area (Å²) in [6, 6.07) is 9.28. The van der Waals surface area contributed by atoms with Crippen molar-refractivity contribution >= 4 is 10.0 Å². The van der Waals surface area contributed by atoms with Gasteiger partial charge in [0.15, 0.2) is 0 Å². The Labute approximate surface area is 115 Å². The minimum atomic E-state index is -3.20. The van der Waals surface area contributed by atoms with Gasteiger partial charge in [0.05, 0.1) is 5.75 Å². The van der Waals surface area contributed by atoms with E-state index in [4.69, 9.17) is 0 Å². The van der Waals surface area contributed by atoms with Crippen LogP contribution < -0.4 is 4.72 Å². The Kier molecular flexibility index (Phi) is 5.36. The molecule has 2 rings (SSSR count). The van der Waals surface area contributed by atoms with Crippen LogP contribution in [0.15, 0.2) is 30.3 Å². The first-order valence-electron chi connectivity index (χ1n) is 6.89. The molecule has 4 nitrogen and oxygen atoms in total. The summed E-state index contributed by atoms with van der Waals surface area (Å²) in [5.74, 6) is 0.0670. The van der Waals surface area contributed by atoms with E-state index < -0.39 is 10.0 Å². The third-order valence-corrected chi connectivity index (χ3v) is 4.73. The lowest BCUT2D eigenvalue weighted by Gasteiger charge is -2.14. The summed E-state index contributed by atoms with van der Waals surface area (Å²) < 4.78 is 26.4. The molecule has 1 heterocycles. The Balaban J connectivity index is 1.69. The number of sulfonamides is 1. The van der Waals surface area contributed by atoms with Gasteiger partial charge in [-0.3, -0.25) is 0 Å². The van der Waals surface area contributed by atoms with Crippen LogP contribution in [0.5, 0.6) is 0 Å². The molecule has 0 saturated carbocycles. The first-order chi connectivity index (χ1) is 9.16. The zero-order valence-corrected chi connectivity index (χ0v) is 12.0. The predicted molar refractivity (Wildman–Crippen MR) is 77.4 cm³/mol. The first-order valence-corrected chi connectivity index (χ1v) is 8.54. The zero-order chi connectivity index (χ0) is 13.6. The molecule has 0 aliphatic carbocycles. The van der Waals surface area contributed by atoms with Gasteiger partial charge in [-0.15, -0.1) is 0 Å². The SMILES string of the molecule is O=S(=O)(Cc1ccccc1)NCCCN1CCCC1. The summed E-state index contributed by atoms with van der Waals surface area (Å²) in [5, 5.41) is 0. The summed E-state index contributed by atoms with van der Waals surface area (Å²) in [6.45, 7) is 3.85. The lowest BCUT2D eigenvalue weighted by Crippen LogP contribution is -2.29. The molecule has 0 aromatic heterocycles. The normalized spacial score (nSPS) is 16.8. The Morgan fingerprint density at radius 2 is 1.79 bits per heavy atom. The topological polar surface area (TPSA) is 49.4 Å². The summed E-state index contributed by atoms with van der Waals surface area (Å²) in [5.41, 5.74) is 0.828. The lowest BCUT2D eigenvalue weighted by molar-refractivity contribution is 0.334. The molecule has 1 aromatic carbocycles. The standard InChI is InChI=1S/C14H22N2O2S/c17-19(18,13-14-7-2-1-3-8-14)15-9-6-12-16-10-4-5-11-16/h1-3,7-8,15H,4-6,9-13H2. The molecule has 1 saturated heterocycles. The lowest BCUT2D eigenvalue weighted by atomic mass is 10.2. The van der Waals surface area contributed by atoms with E-state index in [1.54, 1.807) is 0 Å². The molecule has 1 N–H and O–H groups in total. The van der Waals surface area contributed by atoms with Crippen molar-refractivity contribution < 1.29 is 8.42 Å². The van der Waals surface area contributed by atoms with Crippen molar-refractivity contribution in [3.8, 4) is 0 Å². The predicted octanol–water partition coefficient (Wildman–Crippen LogP) is 1.59. The van der Waals surface area contributed by atoms with E-state index in [-0.39, 0.29) is 5.75 Å². The van der Waals surface area contributed by atoms with E-state index in [9.17, 15) is 8.42 Å². The molecule has 0 amide bonds. The number of nitrogens with zero attached hydrogens (tertiary/aromatic N) is 1. The summed E-state index contributed by atoms with van der Waals surface area (Å²) >= 11 is 0. The maximum atomic E-state index is 11.9. The van der Waals surface area contributed by atoms with Gasteiger partial charge in [-0.1, -0.05) is 30.3 Å². The second kappa shape index (κ2) is 7.03. The molecule has 1 aromatic rings. The molecule has 1 aliphatic heterocycles. The third kappa shape index (κ3) is 5.30. The van der Waals surface area contributed by atoms with Crippen LogP contribution in [0.2, 0.25) is 0 Å². The number of rotatable bonds is 7. The average molecular weight is 282 g/mol. The van der Waals surface area contributed by atoms with Crippen molar-refractivity contribution in [1.29, 1.82) is 0 Å². The third-order valence-electron chi connectivity index (χ3n) is 3.37. The Morgan fingerprint density at radius 1 is 1.11 bits per heavy atom. The van der Waals surface area contributed by atoms with Gasteiger partial charge in [0, 0.05) is 6.54 Å². The molecule has 1 fully saturated rings. The van der Waals surface area contributed by atoms with Crippen LogP contribution >= 0.6 is 0 Å². The van der Waals surface area contributed by atoms with Crippen molar-refractivity contribution in [1.82, 2.24) is 9.62 Å². The van der Waals surface area contributed by atoms with Crippen LogP contribution in [0.1, 0.15) is 24.8 Å². The maximum Gasteiger partial charge on any atom is 0.215 e. The van der Waals surface area contributed by atoms with Crippen LogP contribution in [0, 0.1) is 0 Å². The van der Waals surface area contributed by atoms with Gasteiger partial charge >= 0.3 is 0 Å². The number of hydrogen-bond donors (Lipinski definition) is 1. The number of hydrogen-bond acceptors (Lipinski definition) is 3. The Bertz CT molecular complexity index is 467. The summed E-state index contributed by atoms with van der Waals surface area (Å²) in [4.78, 5) is 2.39. The van der Waals surface area contributed by atoms with Crippen LogP contribution in [0.4, 0.5) is 0 Å². The molecule has 0 bridgehead atoms. The van der Waals surface area contributed by atoms with E-state index in [0.29, 0.717) is 6.54 Å². The highest BCUT2D eigenvalue weighted by molar-refractivity contribution is 7.88. The highest BCUT2D eigenvalue weighted by Crippen LogP contribution is 2.07. The Hall–Kier alpha value is -0.910. The van der Waals surface area contributed by atoms with Gasteiger partial charge < -0.3 is 4.90 Å². The smallest absolute Gasteiger partial charge is 0.215 e. The molecule has 0 radical (unpaired) electrons. The van der Waals surface area contributed by atoms with E-state index in [2.05, 4.69) is 9.62 Å². The van der Waals surface area contributed by atoms with Gasteiger partial charge in [-0.25, -0.2) is 13.1 Å². The van der Waals surface area contributed by atoms with Gasteiger partial charge in [0.25, 0.3) is 0 Å². The molecule has 0 unspecified atom stereocenters. The van der Waals surface area contributed by atoms with Crippen LogP contribution in [0.3, 0.4) is 0 Å². The van der Waals surface area contributed by atoms with Crippen molar-refractivity contribution in [2.24, 2.45) is 0 Å². The molecule has 1 aliphatic rings. The highest BCUT2D eigenvalue weighted by Gasteiger charge is 2.13. The van der Waals surface area contributed by atoms with Crippen molar-refractivity contribution in [3.05, 3.63) is 35.9 Å². The number of nitrogens with one attached hydrogen (secondary N) is 1. The first kappa shape index (κ1) is 14.5. The second-order valence-corrected chi connectivity index (χ2v) is 6.85. The monoisotopic (exact) mass is 282 g/mol. The van der Waals surface area contributed by atoms with Crippen molar-refractivity contribution in [3.63, 3.8) is 0 Å². The maximum absolute atomic E-state index is 11.9. The average Bonchev–Trinajstić information content (AvgIpc) is 2.88. The second-order valence-electron chi connectivity index (χ2n) is 5.04. The fourth-order valence-corrected chi connectivity index (χ4v) is 3.57. The van der Waals surface area contributed by atoms with E-state index >= 15 is 0 Å². The fourth-order valence-electron chi connectivity index (χ4n) is 2.38. The van der Waals surface area contributed by atoms with E-state index in [1.165, 1.54) is 12.8 Å². The highest BCUT2D eigenvalue weighted by atomic mass is 32.2. The van der Waals surface area contributed by atoms with Gasteiger partial charge in [-0.05, 0) is 44.5 Å². The summed E-state index contributed by atoms with van der Waals surface area (Å²) in [6.07, 6.45) is 3.44. The van der Waals surface area contributed by atoms with Gasteiger partial charge in [0.1, 0.15) is 0 Å². The van der Waals surface area contributed by atoms with Crippen LogP contribution in [-0.4, -0.2) is 39.5 Å². The number of likely N-dealkylation sites (tertiary alicyclic amines) is 1. The molecule has 0 atom stereocenters. The molecule has 19 heavy (non-hydrogen) atoms. The Morgan fingerprint density at radius 3 is 2.47 bits per heavy atom. The van der Waals surface area contributed by atoms with Crippen molar-refractivity contribution in [2.45, 2.75) is 25.0 Å². The minimum absolute atomic E-state index is 0.0670. The summed E-state index contributed by atoms with van der Waals surface area (Å²) in [7, 11) is -3.20. The van der Waals surface area contributed by atoms with Crippen LogP contribution in [-0.2, 0) is 15.8 Å². The molecular weight excluding hydrogens is 260 g/mol. The molecule has 5 heteroatoms. The van der Waals surface area contributed by atoms with E-state index in [0.717, 1.165) is 31.6 Å². The van der Waals surface area contributed by atoms with Gasteiger partial charge in [-0.2, -0.15) is 0 Å². The van der Waals surface area contributed by atoms with Crippen molar-refractivity contribution in [2.75, 3.05) is 26.2 Å². The quantitative estimate of drug-likeness (QED) is 0.773. The zero-order valence-electron chi connectivity index (χ0n) is 11.2.